The normalized spacial score (nSPS) is 24.9. The summed E-state index contributed by atoms with van der Waals surface area (Å²) < 4.78 is 25.5. The first kappa shape index (κ1) is 34.9. The number of carbonyl (C=O) groups is 3. The van der Waals surface area contributed by atoms with E-state index in [4.69, 9.17) is 24.1 Å². The zero-order chi connectivity index (χ0) is 34.6. The smallest absolute Gasteiger partial charge is 0.303 e. The number of fused-ring (bicyclic) bond motifs is 2. The molecular weight excluding hydrogens is 612 g/mol. The van der Waals surface area contributed by atoms with Gasteiger partial charge in [0.2, 0.25) is 5.91 Å². The third-order valence-electron chi connectivity index (χ3n) is 10.4. The number of hydrogen-bond acceptors (Lipinski definition) is 7. The van der Waals surface area contributed by atoms with Gasteiger partial charge in [-0.3, -0.25) is 14.4 Å². The van der Waals surface area contributed by atoms with Gasteiger partial charge in [-0.25, -0.2) is 0 Å². The van der Waals surface area contributed by atoms with Crippen LogP contribution >= 0.6 is 0 Å². The maximum atomic E-state index is 12.9. The van der Waals surface area contributed by atoms with Crippen molar-refractivity contribution in [1.82, 2.24) is 5.32 Å². The molecule has 0 aromatic heterocycles. The number of carboxylic acids is 1. The molecule has 1 amide bonds. The molecule has 0 radical (unpaired) electrons. The fraction of sp³-hybridized carbons (Fsp3) is 0.447. The summed E-state index contributed by atoms with van der Waals surface area (Å²) in [4.78, 5) is 36.8. The number of amides is 1. The molecule has 2 fully saturated rings. The van der Waals surface area contributed by atoms with Crippen LogP contribution < -0.4 is 14.8 Å². The Morgan fingerprint density at radius 3 is 1.77 bits per heavy atom. The van der Waals surface area contributed by atoms with Crippen molar-refractivity contribution in [2.75, 3.05) is 21.3 Å². The third-order valence-corrected chi connectivity index (χ3v) is 10.4. The van der Waals surface area contributed by atoms with Crippen molar-refractivity contribution < 1.29 is 42.9 Å². The van der Waals surface area contributed by atoms with E-state index in [0.717, 1.165) is 16.7 Å². The molecule has 2 heterocycles. The van der Waals surface area contributed by atoms with Gasteiger partial charge < -0.3 is 33.9 Å². The minimum Gasteiger partial charge on any atom is -0.497 e. The fourth-order valence-electron chi connectivity index (χ4n) is 7.84. The topological polar surface area (TPSA) is 120 Å². The molecular formula is C38H47N2O8+. The highest BCUT2D eigenvalue weighted by Gasteiger charge is 2.67. The molecule has 2 aliphatic heterocycles. The van der Waals surface area contributed by atoms with E-state index in [9.17, 15) is 14.4 Å². The SMILES string of the molecule is COc1ccc(C(O[C@H]2[C@@H](OC(C)=O)[C@@H]3CC(NC(=O)CCC(=O)O)C[C@H]2[N+]3(C)C(C)C)(c2ccccc2)c2ccc(OC)cc2)cc1. The Hall–Kier alpha value is -4.41. The minimum atomic E-state index is -1.15. The minimum absolute atomic E-state index is 0.100. The van der Waals surface area contributed by atoms with Crippen molar-refractivity contribution in [1.29, 1.82) is 0 Å². The van der Waals surface area contributed by atoms with E-state index in [1.807, 2.05) is 78.9 Å². The van der Waals surface area contributed by atoms with E-state index in [0.29, 0.717) is 28.8 Å². The summed E-state index contributed by atoms with van der Waals surface area (Å²) in [7, 11) is 5.44. The number of likely N-dealkylation sites (N-methyl/N-ethyl adjacent to an activating group) is 1. The number of quaternary nitrogens is 1. The number of nitrogens with one attached hydrogen (secondary N) is 1. The average molecular weight is 660 g/mol. The molecule has 2 unspecified atom stereocenters. The number of nitrogens with zero attached hydrogens (tertiary/aromatic N) is 1. The monoisotopic (exact) mass is 659 g/mol. The Morgan fingerprint density at radius 2 is 1.31 bits per heavy atom. The van der Waals surface area contributed by atoms with Crippen molar-refractivity contribution in [3.63, 3.8) is 0 Å². The number of piperidine rings is 1. The summed E-state index contributed by atoms with van der Waals surface area (Å²) in [5, 5.41) is 12.2. The van der Waals surface area contributed by atoms with Crippen LogP contribution in [0.5, 0.6) is 11.5 Å². The van der Waals surface area contributed by atoms with Gasteiger partial charge in [0.1, 0.15) is 29.2 Å². The lowest BCUT2D eigenvalue weighted by Crippen LogP contribution is -2.66. The number of ether oxygens (including phenoxy) is 4. The summed E-state index contributed by atoms with van der Waals surface area (Å²) in [6.07, 6.45) is -0.446. The van der Waals surface area contributed by atoms with E-state index in [-0.39, 0.29) is 42.9 Å². The molecule has 2 saturated heterocycles. The number of carbonyl (C=O) groups excluding carboxylic acids is 2. The molecule has 0 spiro atoms. The van der Waals surface area contributed by atoms with E-state index in [2.05, 4.69) is 26.2 Å². The Labute approximate surface area is 282 Å². The second-order valence-electron chi connectivity index (χ2n) is 13.2. The molecule has 256 valence electrons. The van der Waals surface area contributed by atoms with Crippen molar-refractivity contribution in [2.24, 2.45) is 0 Å². The largest absolute Gasteiger partial charge is 0.497 e. The van der Waals surface area contributed by atoms with Crippen molar-refractivity contribution in [3.05, 3.63) is 95.6 Å². The number of esters is 1. The Kier molecular flexibility index (Phi) is 10.5. The molecule has 3 aromatic rings. The second kappa shape index (κ2) is 14.4. The summed E-state index contributed by atoms with van der Waals surface area (Å²) in [5.74, 6) is -0.321. The molecule has 2 aliphatic rings. The van der Waals surface area contributed by atoms with Gasteiger partial charge in [-0.05, 0) is 54.8 Å². The van der Waals surface area contributed by atoms with E-state index < -0.39 is 29.7 Å². The molecule has 2 bridgehead atoms. The molecule has 10 nitrogen and oxygen atoms in total. The Balaban J connectivity index is 1.68. The number of methoxy groups -OCH3 is 2. The van der Waals surface area contributed by atoms with Crippen LogP contribution in [-0.2, 0) is 29.5 Å². The zero-order valence-electron chi connectivity index (χ0n) is 28.6. The van der Waals surface area contributed by atoms with Crippen LogP contribution in [-0.4, -0.2) is 85.1 Å². The van der Waals surface area contributed by atoms with Gasteiger partial charge in [-0.1, -0.05) is 54.6 Å². The van der Waals surface area contributed by atoms with E-state index in [1.165, 1.54) is 6.92 Å². The van der Waals surface area contributed by atoms with E-state index in [1.54, 1.807) is 14.2 Å². The number of aliphatic carboxylic acids is 1. The molecule has 5 rings (SSSR count). The highest BCUT2D eigenvalue weighted by molar-refractivity contribution is 5.80. The second-order valence-corrected chi connectivity index (χ2v) is 13.2. The van der Waals surface area contributed by atoms with Gasteiger partial charge in [0.15, 0.2) is 12.2 Å². The standard InChI is InChI=1S/C38H46N2O8/c1-24(2)40(4)32-22-29(39-34(42)20-21-35(43)44)23-33(40)37(36(32)47-25(3)41)48-38(26-10-8-7-9-11-26,27-12-16-30(45-5)17-13-27)28-14-18-31(46-6)19-15-28/h7-19,24,29,32-33,36-37H,20-23H2,1-6H3,(H-,39,42,43,44)/p+1/t29?,32-,33+,36-,37+,40?/m0/s1. The number of hydrogen-bond donors (Lipinski definition) is 2. The maximum Gasteiger partial charge on any atom is 0.303 e. The number of carboxylic acid groups (broad SMARTS) is 1. The molecule has 2 N–H and O–H groups in total. The predicted octanol–water partition coefficient (Wildman–Crippen LogP) is 5.06. The summed E-state index contributed by atoms with van der Waals surface area (Å²) in [6.45, 7) is 5.74. The van der Waals surface area contributed by atoms with Gasteiger partial charge in [0, 0.05) is 32.2 Å². The van der Waals surface area contributed by atoms with Crippen LogP contribution in [0.2, 0.25) is 0 Å². The summed E-state index contributed by atoms with van der Waals surface area (Å²) >= 11 is 0. The van der Waals surface area contributed by atoms with Crippen LogP contribution in [0, 0.1) is 0 Å². The fourth-order valence-corrected chi connectivity index (χ4v) is 7.84. The van der Waals surface area contributed by atoms with Crippen molar-refractivity contribution in [3.8, 4) is 11.5 Å². The number of benzene rings is 3. The van der Waals surface area contributed by atoms with Crippen LogP contribution in [0.15, 0.2) is 78.9 Å². The molecule has 10 heteroatoms. The van der Waals surface area contributed by atoms with Crippen LogP contribution in [0.25, 0.3) is 0 Å². The lowest BCUT2D eigenvalue weighted by atomic mass is 9.79. The average Bonchev–Trinajstić information content (AvgIpc) is 3.18. The van der Waals surface area contributed by atoms with Crippen LogP contribution in [0.3, 0.4) is 0 Å². The van der Waals surface area contributed by atoms with Gasteiger partial charge in [-0.2, -0.15) is 0 Å². The van der Waals surface area contributed by atoms with Crippen LogP contribution in [0.4, 0.5) is 0 Å². The van der Waals surface area contributed by atoms with Gasteiger partial charge in [-0.15, -0.1) is 0 Å². The molecule has 48 heavy (non-hydrogen) atoms. The molecule has 0 aliphatic carbocycles. The van der Waals surface area contributed by atoms with Crippen LogP contribution in [0.1, 0.15) is 63.1 Å². The number of rotatable bonds is 13. The van der Waals surface area contributed by atoms with Gasteiger partial charge >= 0.3 is 11.9 Å². The Morgan fingerprint density at radius 1 is 0.812 bits per heavy atom. The highest BCUT2D eigenvalue weighted by atomic mass is 16.6. The molecule has 3 aromatic carbocycles. The highest BCUT2D eigenvalue weighted by Crippen LogP contribution is 2.51. The quantitative estimate of drug-likeness (QED) is 0.149. The van der Waals surface area contributed by atoms with Crippen molar-refractivity contribution in [2.45, 2.75) is 88.4 Å². The van der Waals surface area contributed by atoms with Gasteiger partial charge in [0.05, 0.1) is 33.7 Å². The summed E-state index contributed by atoms with van der Waals surface area (Å²) in [6, 6.07) is 25.2. The molecule has 6 atom stereocenters. The summed E-state index contributed by atoms with van der Waals surface area (Å²) in [5.41, 5.74) is 1.46. The first-order valence-corrected chi connectivity index (χ1v) is 16.5. The zero-order valence-corrected chi connectivity index (χ0v) is 28.6. The first-order valence-electron chi connectivity index (χ1n) is 16.5. The Bertz CT molecular complexity index is 1530. The maximum absolute atomic E-state index is 12.9. The lowest BCUT2D eigenvalue weighted by molar-refractivity contribution is -0.970. The third kappa shape index (κ3) is 6.64. The van der Waals surface area contributed by atoms with Gasteiger partial charge in [0.25, 0.3) is 0 Å². The van der Waals surface area contributed by atoms with E-state index >= 15 is 0 Å². The van der Waals surface area contributed by atoms with Crippen molar-refractivity contribution >= 4 is 17.8 Å². The predicted molar refractivity (Wildman–Crippen MR) is 180 cm³/mol. The molecule has 0 saturated carbocycles. The lowest BCUT2D eigenvalue weighted by Gasteiger charge is -2.50. The first-order chi connectivity index (χ1) is 22.9.